The molecule has 1 aromatic heterocycles. The number of ether oxygens (including phenoxy) is 1. The lowest BCUT2D eigenvalue weighted by atomic mass is 10.1. The van der Waals surface area contributed by atoms with Gasteiger partial charge in [0.05, 0.1) is 5.56 Å². The number of carboxylic acid groups (broad SMARTS) is 1. The van der Waals surface area contributed by atoms with Gasteiger partial charge in [0.25, 0.3) is 0 Å². The molecule has 2 heterocycles. The smallest absolute Gasteiger partial charge is 0.407 e. The Morgan fingerprint density at radius 3 is 2.70 bits per heavy atom. The van der Waals surface area contributed by atoms with E-state index >= 15 is 0 Å². The van der Waals surface area contributed by atoms with Crippen LogP contribution in [0, 0.1) is 0 Å². The first-order valence-corrected chi connectivity index (χ1v) is 7.68. The maximum Gasteiger partial charge on any atom is 0.407 e. The van der Waals surface area contributed by atoms with Crippen molar-refractivity contribution in [2.45, 2.75) is 45.3 Å². The zero-order valence-corrected chi connectivity index (χ0v) is 13.7. The highest BCUT2D eigenvalue weighted by atomic mass is 16.6. The summed E-state index contributed by atoms with van der Waals surface area (Å²) in [5, 5.41) is 11.8. The van der Waals surface area contributed by atoms with Crippen LogP contribution in [0.3, 0.4) is 0 Å². The average molecular weight is 321 g/mol. The van der Waals surface area contributed by atoms with E-state index in [-0.39, 0.29) is 11.6 Å². The third kappa shape index (κ3) is 5.12. The van der Waals surface area contributed by atoms with Crippen molar-refractivity contribution in [3.8, 4) is 0 Å². The number of nitrogens with zero attached hydrogens (tertiary/aromatic N) is 2. The summed E-state index contributed by atoms with van der Waals surface area (Å²) in [6, 6.07) is 3.22. The van der Waals surface area contributed by atoms with Crippen LogP contribution in [0.25, 0.3) is 0 Å². The normalized spacial score (nSPS) is 18.4. The van der Waals surface area contributed by atoms with Crippen LogP contribution in [0.15, 0.2) is 18.3 Å². The van der Waals surface area contributed by atoms with Gasteiger partial charge in [-0.2, -0.15) is 0 Å². The van der Waals surface area contributed by atoms with Crippen LogP contribution in [-0.2, 0) is 4.74 Å². The Morgan fingerprint density at radius 2 is 2.13 bits per heavy atom. The minimum Gasteiger partial charge on any atom is -0.478 e. The third-order valence-corrected chi connectivity index (χ3v) is 3.46. The molecule has 1 atom stereocenters. The van der Waals surface area contributed by atoms with Gasteiger partial charge in [0.15, 0.2) is 0 Å². The lowest BCUT2D eigenvalue weighted by Gasteiger charge is -2.34. The molecule has 0 bridgehead atoms. The molecule has 1 fully saturated rings. The van der Waals surface area contributed by atoms with Crippen molar-refractivity contribution < 1.29 is 19.4 Å². The Hall–Kier alpha value is -2.31. The van der Waals surface area contributed by atoms with Crippen molar-refractivity contribution in [1.82, 2.24) is 10.3 Å². The summed E-state index contributed by atoms with van der Waals surface area (Å²) >= 11 is 0. The number of carboxylic acids is 1. The Bertz CT molecular complexity index is 566. The summed E-state index contributed by atoms with van der Waals surface area (Å²) in [7, 11) is 0. The maximum absolute atomic E-state index is 11.9. The summed E-state index contributed by atoms with van der Waals surface area (Å²) in [6.07, 6.45) is 2.73. The van der Waals surface area contributed by atoms with Gasteiger partial charge in [-0.15, -0.1) is 0 Å². The van der Waals surface area contributed by atoms with Crippen molar-refractivity contribution >= 4 is 17.9 Å². The van der Waals surface area contributed by atoms with Crippen molar-refractivity contribution in [1.29, 1.82) is 0 Å². The van der Waals surface area contributed by atoms with Crippen LogP contribution in [0.5, 0.6) is 0 Å². The molecule has 0 unspecified atom stereocenters. The first kappa shape index (κ1) is 17.1. The van der Waals surface area contributed by atoms with E-state index in [1.165, 1.54) is 12.3 Å². The molecule has 0 aliphatic carbocycles. The van der Waals surface area contributed by atoms with E-state index in [9.17, 15) is 9.59 Å². The standard InChI is InChI=1S/C16H23N3O4/c1-16(2,3)23-15(22)18-12-5-4-8-19(10-12)13-7-6-11(9-17-13)14(20)21/h6-7,9,12H,4-5,8,10H2,1-3H3,(H,18,22)(H,20,21)/t12-/m1/s1. The third-order valence-electron chi connectivity index (χ3n) is 3.46. The number of carbonyl (C=O) groups excluding carboxylic acids is 1. The molecule has 0 saturated carbocycles. The fourth-order valence-corrected chi connectivity index (χ4v) is 2.48. The summed E-state index contributed by atoms with van der Waals surface area (Å²) in [5.41, 5.74) is -0.360. The van der Waals surface area contributed by atoms with E-state index in [0.29, 0.717) is 12.4 Å². The van der Waals surface area contributed by atoms with E-state index in [1.807, 2.05) is 25.7 Å². The van der Waals surface area contributed by atoms with Crippen molar-refractivity contribution in [2.75, 3.05) is 18.0 Å². The summed E-state index contributed by atoms with van der Waals surface area (Å²) < 4.78 is 5.27. The molecular formula is C16H23N3O4. The molecule has 126 valence electrons. The fraction of sp³-hybridized carbons (Fsp3) is 0.562. The zero-order valence-electron chi connectivity index (χ0n) is 13.7. The Balaban J connectivity index is 1.95. The molecule has 1 aromatic rings. The van der Waals surface area contributed by atoms with Crippen LogP contribution in [0.2, 0.25) is 0 Å². The highest BCUT2D eigenvalue weighted by Gasteiger charge is 2.24. The van der Waals surface area contributed by atoms with Gasteiger partial charge in [-0.25, -0.2) is 14.6 Å². The Kier molecular flexibility index (Phi) is 5.08. The number of anilines is 1. The van der Waals surface area contributed by atoms with Gasteiger partial charge in [-0.3, -0.25) is 0 Å². The maximum atomic E-state index is 11.9. The Labute approximate surface area is 135 Å². The van der Waals surface area contributed by atoms with Crippen LogP contribution >= 0.6 is 0 Å². The van der Waals surface area contributed by atoms with Crippen LogP contribution in [0.4, 0.5) is 10.6 Å². The predicted octanol–water partition coefficient (Wildman–Crippen LogP) is 2.27. The van der Waals surface area contributed by atoms with E-state index in [1.54, 1.807) is 6.07 Å². The highest BCUT2D eigenvalue weighted by molar-refractivity contribution is 5.87. The molecule has 23 heavy (non-hydrogen) atoms. The second kappa shape index (κ2) is 6.85. The van der Waals surface area contributed by atoms with Gasteiger partial charge in [0, 0.05) is 25.3 Å². The molecule has 1 amide bonds. The number of hydrogen-bond acceptors (Lipinski definition) is 5. The second-order valence-electron chi connectivity index (χ2n) is 6.64. The number of amides is 1. The van der Waals surface area contributed by atoms with Gasteiger partial charge < -0.3 is 20.1 Å². The molecule has 0 radical (unpaired) electrons. The molecule has 1 aliphatic rings. The molecule has 2 rings (SSSR count). The molecule has 2 N–H and O–H groups in total. The van der Waals surface area contributed by atoms with Gasteiger partial charge in [0.2, 0.25) is 0 Å². The van der Waals surface area contributed by atoms with E-state index in [0.717, 1.165) is 19.4 Å². The first-order chi connectivity index (χ1) is 10.7. The fourth-order valence-electron chi connectivity index (χ4n) is 2.48. The molecule has 1 saturated heterocycles. The van der Waals surface area contributed by atoms with Gasteiger partial charge >= 0.3 is 12.1 Å². The minimum atomic E-state index is -0.993. The number of carbonyl (C=O) groups is 2. The highest BCUT2D eigenvalue weighted by Crippen LogP contribution is 2.18. The van der Waals surface area contributed by atoms with Crippen LogP contribution < -0.4 is 10.2 Å². The van der Waals surface area contributed by atoms with E-state index < -0.39 is 17.7 Å². The number of pyridine rings is 1. The zero-order chi connectivity index (χ0) is 17.0. The largest absolute Gasteiger partial charge is 0.478 e. The van der Waals surface area contributed by atoms with Gasteiger partial charge in [0.1, 0.15) is 11.4 Å². The average Bonchev–Trinajstić information content (AvgIpc) is 2.45. The van der Waals surface area contributed by atoms with Gasteiger partial charge in [-0.05, 0) is 45.7 Å². The summed E-state index contributed by atoms with van der Waals surface area (Å²) in [4.78, 5) is 29.0. The second-order valence-corrected chi connectivity index (χ2v) is 6.64. The predicted molar refractivity (Wildman–Crippen MR) is 85.8 cm³/mol. The number of alkyl carbamates (subject to hydrolysis) is 1. The van der Waals surface area contributed by atoms with E-state index in [4.69, 9.17) is 9.84 Å². The molecule has 0 aromatic carbocycles. The monoisotopic (exact) mass is 321 g/mol. The van der Waals surface area contributed by atoms with Crippen LogP contribution in [0.1, 0.15) is 44.0 Å². The van der Waals surface area contributed by atoms with Crippen molar-refractivity contribution in [3.63, 3.8) is 0 Å². The number of piperidine rings is 1. The lowest BCUT2D eigenvalue weighted by molar-refractivity contribution is 0.0499. The quantitative estimate of drug-likeness (QED) is 0.887. The SMILES string of the molecule is CC(C)(C)OC(=O)N[C@@H]1CCCN(c2ccc(C(=O)O)cn2)C1. The van der Waals surface area contributed by atoms with Crippen LogP contribution in [-0.4, -0.2) is 46.9 Å². The first-order valence-electron chi connectivity index (χ1n) is 7.68. The number of hydrogen-bond donors (Lipinski definition) is 2. The number of aromatic carboxylic acids is 1. The van der Waals surface area contributed by atoms with Crippen molar-refractivity contribution in [3.05, 3.63) is 23.9 Å². The molecule has 7 heteroatoms. The topological polar surface area (TPSA) is 91.8 Å². The number of nitrogens with one attached hydrogen (secondary N) is 1. The molecule has 7 nitrogen and oxygen atoms in total. The number of aromatic nitrogens is 1. The lowest BCUT2D eigenvalue weighted by Crippen LogP contribution is -2.49. The van der Waals surface area contributed by atoms with E-state index in [2.05, 4.69) is 10.3 Å². The van der Waals surface area contributed by atoms with Crippen molar-refractivity contribution in [2.24, 2.45) is 0 Å². The summed E-state index contributed by atoms with van der Waals surface area (Å²) in [5.74, 6) is -0.280. The summed E-state index contributed by atoms with van der Waals surface area (Å²) in [6.45, 7) is 6.93. The van der Waals surface area contributed by atoms with Gasteiger partial charge in [-0.1, -0.05) is 0 Å². The molecule has 0 spiro atoms. The minimum absolute atomic E-state index is 0.0143. The number of rotatable bonds is 3. The molecular weight excluding hydrogens is 298 g/mol. The Morgan fingerprint density at radius 1 is 1.39 bits per heavy atom. The molecule has 1 aliphatic heterocycles.